The van der Waals surface area contributed by atoms with Crippen LogP contribution in [0.1, 0.15) is 28.9 Å². The second kappa shape index (κ2) is 12.6. The van der Waals surface area contributed by atoms with Crippen molar-refractivity contribution in [3.63, 3.8) is 0 Å². The maximum atomic E-state index is 12.9. The summed E-state index contributed by atoms with van der Waals surface area (Å²) in [5, 5.41) is 5.92. The molecule has 0 spiro atoms. The number of anilines is 1. The predicted molar refractivity (Wildman–Crippen MR) is 138 cm³/mol. The maximum Gasteiger partial charge on any atom is 0.253 e. The van der Waals surface area contributed by atoms with E-state index in [1.54, 1.807) is 24.3 Å². The number of piperazine rings is 1. The van der Waals surface area contributed by atoms with Crippen molar-refractivity contribution in [3.8, 4) is 0 Å². The number of nitrogens with one attached hydrogen (secondary N) is 2. The zero-order chi connectivity index (χ0) is 25.3. The highest BCUT2D eigenvalue weighted by molar-refractivity contribution is 6.04. The standard InChI is InChI=1S/C27H35N5O4/c1-21(22-7-3-2-4-8-22)28-27(35)23-9-5-6-10-24(23)29-25(33)19-30-11-13-31(14-12-30)20-26(34)32-15-17-36-18-16-32/h2-10,21H,11-20H2,1H3,(H,28,35)(H,29,33)/t21-/m0/s1. The molecule has 3 amide bonds. The van der Waals surface area contributed by atoms with Crippen molar-refractivity contribution in [1.29, 1.82) is 0 Å². The number of morpholine rings is 1. The number of benzene rings is 2. The minimum Gasteiger partial charge on any atom is -0.378 e. The number of rotatable bonds is 8. The van der Waals surface area contributed by atoms with Crippen molar-refractivity contribution < 1.29 is 19.1 Å². The fourth-order valence-electron chi connectivity index (χ4n) is 4.49. The van der Waals surface area contributed by atoms with E-state index in [4.69, 9.17) is 4.74 Å². The summed E-state index contributed by atoms with van der Waals surface area (Å²) >= 11 is 0. The summed E-state index contributed by atoms with van der Waals surface area (Å²) in [6.07, 6.45) is 0. The fraction of sp³-hybridized carbons (Fsp3) is 0.444. The number of hydrogen-bond acceptors (Lipinski definition) is 6. The first kappa shape index (κ1) is 25.8. The van der Waals surface area contributed by atoms with Crippen molar-refractivity contribution in [3.05, 3.63) is 65.7 Å². The molecule has 1 atom stereocenters. The summed E-state index contributed by atoms with van der Waals surface area (Å²) < 4.78 is 5.31. The highest BCUT2D eigenvalue weighted by Crippen LogP contribution is 2.18. The normalized spacial score (nSPS) is 17.9. The molecule has 192 valence electrons. The first-order chi connectivity index (χ1) is 17.5. The Kier molecular flexibility index (Phi) is 9.05. The van der Waals surface area contributed by atoms with Gasteiger partial charge in [0.05, 0.1) is 43.6 Å². The van der Waals surface area contributed by atoms with E-state index < -0.39 is 0 Å². The molecule has 2 N–H and O–H groups in total. The van der Waals surface area contributed by atoms with E-state index in [-0.39, 0.29) is 30.3 Å². The molecule has 0 bridgehead atoms. The lowest BCUT2D eigenvalue weighted by Gasteiger charge is -2.35. The van der Waals surface area contributed by atoms with Crippen molar-refractivity contribution in [2.24, 2.45) is 0 Å². The molecular weight excluding hydrogens is 458 g/mol. The molecule has 2 aliphatic rings. The lowest BCUT2D eigenvalue weighted by atomic mass is 10.1. The van der Waals surface area contributed by atoms with Crippen molar-refractivity contribution >= 4 is 23.4 Å². The zero-order valence-electron chi connectivity index (χ0n) is 20.8. The summed E-state index contributed by atoms with van der Waals surface area (Å²) in [4.78, 5) is 44.3. The maximum absolute atomic E-state index is 12.9. The SMILES string of the molecule is C[C@H](NC(=O)c1ccccc1NC(=O)CN1CCN(CC(=O)N2CCOCC2)CC1)c1ccccc1. The molecule has 2 aromatic rings. The van der Waals surface area contributed by atoms with Crippen LogP contribution in [0.2, 0.25) is 0 Å². The Hall–Kier alpha value is -3.27. The number of carbonyl (C=O) groups excluding carboxylic acids is 3. The minimum absolute atomic E-state index is 0.140. The van der Waals surface area contributed by atoms with E-state index in [1.807, 2.05) is 42.2 Å². The third-order valence-electron chi connectivity index (χ3n) is 6.65. The van der Waals surface area contributed by atoms with E-state index in [9.17, 15) is 14.4 Å². The van der Waals surface area contributed by atoms with E-state index in [0.29, 0.717) is 57.2 Å². The topological polar surface area (TPSA) is 94.2 Å². The Balaban J connectivity index is 1.25. The Morgan fingerprint density at radius 1 is 0.833 bits per heavy atom. The van der Waals surface area contributed by atoms with Gasteiger partial charge in [-0.25, -0.2) is 0 Å². The van der Waals surface area contributed by atoms with Gasteiger partial charge in [0.25, 0.3) is 5.91 Å². The molecule has 2 fully saturated rings. The molecule has 2 saturated heterocycles. The van der Waals surface area contributed by atoms with Crippen LogP contribution in [-0.4, -0.2) is 98.0 Å². The minimum atomic E-state index is -0.235. The number of ether oxygens (including phenoxy) is 1. The number of hydrogen-bond donors (Lipinski definition) is 2. The average molecular weight is 494 g/mol. The van der Waals surface area contributed by atoms with E-state index in [2.05, 4.69) is 20.4 Å². The fourth-order valence-corrected chi connectivity index (χ4v) is 4.49. The molecule has 0 unspecified atom stereocenters. The van der Waals surface area contributed by atoms with Gasteiger partial charge in [0.1, 0.15) is 0 Å². The molecule has 0 radical (unpaired) electrons. The van der Waals surface area contributed by atoms with Crippen molar-refractivity contribution in [1.82, 2.24) is 20.0 Å². The quantitative estimate of drug-likeness (QED) is 0.580. The van der Waals surface area contributed by atoms with Gasteiger partial charge in [-0.3, -0.25) is 24.2 Å². The Morgan fingerprint density at radius 3 is 2.14 bits per heavy atom. The van der Waals surface area contributed by atoms with E-state index in [1.165, 1.54) is 0 Å². The molecule has 2 heterocycles. The molecule has 2 aliphatic heterocycles. The van der Waals surface area contributed by atoms with Gasteiger partial charge in [-0.15, -0.1) is 0 Å². The van der Waals surface area contributed by atoms with Gasteiger partial charge >= 0.3 is 0 Å². The van der Waals surface area contributed by atoms with Crippen LogP contribution < -0.4 is 10.6 Å². The number of nitrogens with zero attached hydrogens (tertiary/aromatic N) is 3. The van der Waals surface area contributed by atoms with E-state index in [0.717, 1.165) is 18.7 Å². The summed E-state index contributed by atoms with van der Waals surface area (Å²) in [5.41, 5.74) is 1.94. The third-order valence-corrected chi connectivity index (χ3v) is 6.65. The van der Waals surface area contributed by atoms with Gasteiger partial charge in [-0.1, -0.05) is 42.5 Å². The molecule has 0 aromatic heterocycles. The van der Waals surface area contributed by atoms with Crippen LogP contribution in [0.5, 0.6) is 0 Å². The van der Waals surface area contributed by atoms with E-state index >= 15 is 0 Å². The summed E-state index contributed by atoms with van der Waals surface area (Å²) in [6.45, 7) is 7.98. The summed E-state index contributed by atoms with van der Waals surface area (Å²) in [6, 6.07) is 16.6. The van der Waals surface area contributed by atoms with Crippen LogP contribution >= 0.6 is 0 Å². The summed E-state index contributed by atoms with van der Waals surface area (Å²) in [5.74, 6) is -0.258. The van der Waals surface area contributed by atoms with Crippen LogP contribution in [0.15, 0.2) is 54.6 Å². The van der Waals surface area contributed by atoms with Gasteiger partial charge in [0.15, 0.2) is 0 Å². The number of para-hydroxylation sites is 1. The van der Waals surface area contributed by atoms with Gasteiger partial charge < -0.3 is 20.3 Å². The Labute approximate surface area is 212 Å². The van der Waals surface area contributed by atoms with Gasteiger partial charge in [-0.2, -0.15) is 0 Å². The van der Waals surface area contributed by atoms with Crippen molar-refractivity contribution in [2.75, 3.05) is 70.9 Å². The molecule has 9 nitrogen and oxygen atoms in total. The monoisotopic (exact) mass is 493 g/mol. The average Bonchev–Trinajstić information content (AvgIpc) is 2.91. The second-order valence-corrected chi connectivity index (χ2v) is 9.25. The van der Waals surface area contributed by atoms with Crippen LogP contribution in [0.4, 0.5) is 5.69 Å². The first-order valence-electron chi connectivity index (χ1n) is 12.5. The zero-order valence-corrected chi connectivity index (χ0v) is 20.8. The van der Waals surface area contributed by atoms with Crippen LogP contribution in [0, 0.1) is 0 Å². The third kappa shape index (κ3) is 7.13. The highest BCUT2D eigenvalue weighted by Gasteiger charge is 2.24. The van der Waals surface area contributed by atoms with Crippen LogP contribution in [-0.2, 0) is 14.3 Å². The second-order valence-electron chi connectivity index (χ2n) is 9.25. The largest absolute Gasteiger partial charge is 0.378 e. The smallest absolute Gasteiger partial charge is 0.253 e. The Bertz CT molecular complexity index is 1030. The summed E-state index contributed by atoms with van der Waals surface area (Å²) in [7, 11) is 0. The molecular formula is C27H35N5O4. The van der Waals surface area contributed by atoms with Gasteiger partial charge in [0, 0.05) is 39.3 Å². The molecule has 9 heteroatoms. The number of amides is 3. The lowest BCUT2D eigenvalue weighted by Crippen LogP contribution is -2.52. The molecule has 2 aromatic carbocycles. The van der Waals surface area contributed by atoms with Gasteiger partial charge in [-0.05, 0) is 24.6 Å². The number of carbonyl (C=O) groups is 3. The highest BCUT2D eigenvalue weighted by atomic mass is 16.5. The molecule has 4 rings (SSSR count). The van der Waals surface area contributed by atoms with Crippen LogP contribution in [0.3, 0.4) is 0 Å². The lowest BCUT2D eigenvalue weighted by molar-refractivity contribution is -0.137. The first-order valence-corrected chi connectivity index (χ1v) is 12.5. The molecule has 0 saturated carbocycles. The molecule has 0 aliphatic carbocycles. The van der Waals surface area contributed by atoms with Crippen molar-refractivity contribution in [2.45, 2.75) is 13.0 Å². The predicted octanol–water partition coefficient (Wildman–Crippen LogP) is 1.59. The Morgan fingerprint density at radius 2 is 1.44 bits per heavy atom. The molecule has 36 heavy (non-hydrogen) atoms. The van der Waals surface area contributed by atoms with Crippen LogP contribution in [0.25, 0.3) is 0 Å². The van der Waals surface area contributed by atoms with Gasteiger partial charge in [0.2, 0.25) is 11.8 Å².